The lowest BCUT2D eigenvalue weighted by Gasteiger charge is -2.15. The van der Waals surface area contributed by atoms with Crippen LogP contribution in [-0.4, -0.2) is 27.2 Å². The Morgan fingerprint density at radius 1 is 1.07 bits per heavy atom. The van der Waals surface area contributed by atoms with Crippen LogP contribution in [0.1, 0.15) is 12.8 Å². The summed E-state index contributed by atoms with van der Waals surface area (Å²) in [6.45, 7) is 1.09. The van der Waals surface area contributed by atoms with Crippen LogP contribution in [0, 0.1) is 0 Å². The van der Waals surface area contributed by atoms with Crippen molar-refractivity contribution in [1.82, 2.24) is 14.5 Å². The van der Waals surface area contributed by atoms with Gasteiger partial charge >= 0.3 is 5.69 Å². The summed E-state index contributed by atoms with van der Waals surface area (Å²) in [4.78, 5) is 32.2. The molecule has 0 bridgehead atoms. The van der Waals surface area contributed by atoms with Crippen molar-refractivity contribution in [3.8, 4) is 11.1 Å². The van der Waals surface area contributed by atoms with Gasteiger partial charge in [-0.15, -0.1) is 0 Å². The lowest BCUT2D eigenvalue weighted by molar-refractivity contribution is 0.0967. The second kappa shape index (κ2) is 6.73. The molecule has 6 nitrogen and oxygen atoms in total. The van der Waals surface area contributed by atoms with Crippen LogP contribution in [-0.2, 0) is 11.3 Å². The first kappa shape index (κ1) is 16.9. The molecule has 3 heterocycles. The van der Waals surface area contributed by atoms with E-state index in [9.17, 15) is 9.59 Å². The monoisotopic (exact) mass is 373 g/mol. The van der Waals surface area contributed by atoms with Crippen molar-refractivity contribution in [3.63, 3.8) is 0 Å². The van der Waals surface area contributed by atoms with E-state index in [1.807, 2.05) is 48.5 Å². The minimum absolute atomic E-state index is 0.0326. The number of aromatic amines is 1. The van der Waals surface area contributed by atoms with E-state index in [0.29, 0.717) is 24.2 Å². The van der Waals surface area contributed by atoms with Gasteiger partial charge < -0.3 is 4.74 Å². The highest BCUT2D eigenvalue weighted by atomic mass is 16.5. The number of rotatable bonds is 3. The molecule has 5 rings (SSSR count). The SMILES string of the molecule is O=c1[nH]c(=O)n(C[C@H]2CCCO2)c2nccc(-c3cccc4ccccc34)c12. The van der Waals surface area contributed by atoms with Gasteiger partial charge in [-0.3, -0.25) is 14.3 Å². The zero-order chi connectivity index (χ0) is 19.1. The van der Waals surface area contributed by atoms with Crippen LogP contribution in [0.25, 0.3) is 32.9 Å². The molecule has 140 valence electrons. The van der Waals surface area contributed by atoms with Crippen molar-refractivity contribution in [1.29, 1.82) is 0 Å². The molecule has 1 fully saturated rings. The van der Waals surface area contributed by atoms with E-state index in [1.165, 1.54) is 4.57 Å². The van der Waals surface area contributed by atoms with E-state index in [-0.39, 0.29) is 6.10 Å². The van der Waals surface area contributed by atoms with Crippen LogP contribution in [0.3, 0.4) is 0 Å². The van der Waals surface area contributed by atoms with Gasteiger partial charge in [-0.2, -0.15) is 0 Å². The summed E-state index contributed by atoms with van der Waals surface area (Å²) >= 11 is 0. The quantitative estimate of drug-likeness (QED) is 0.599. The molecule has 0 spiro atoms. The Morgan fingerprint density at radius 3 is 2.79 bits per heavy atom. The van der Waals surface area contributed by atoms with Crippen molar-refractivity contribution in [3.05, 3.63) is 75.6 Å². The fraction of sp³-hybridized carbons (Fsp3) is 0.227. The third kappa shape index (κ3) is 2.73. The van der Waals surface area contributed by atoms with E-state index >= 15 is 0 Å². The highest BCUT2D eigenvalue weighted by Crippen LogP contribution is 2.31. The van der Waals surface area contributed by atoms with Gasteiger partial charge in [0, 0.05) is 18.4 Å². The van der Waals surface area contributed by atoms with Crippen molar-refractivity contribution < 1.29 is 4.74 Å². The number of pyridine rings is 1. The predicted octanol–water partition coefficient (Wildman–Crippen LogP) is 3.08. The Bertz CT molecular complexity index is 1290. The van der Waals surface area contributed by atoms with Crippen LogP contribution in [0.5, 0.6) is 0 Å². The smallest absolute Gasteiger partial charge is 0.330 e. The average Bonchev–Trinajstić information content (AvgIpc) is 3.23. The molecule has 2 aromatic carbocycles. The van der Waals surface area contributed by atoms with Crippen molar-refractivity contribution in [2.45, 2.75) is 25.5 Å². The molecular weight excluding hydrogens is 354 g/mol. The van der Waals surface area contributed by atoms with Crippen LogP contribution < -0.4 is 11.2 Å². The van der Waals surface area contributed by atoms with Crippen LogP contribution >= 0.6 is 0 Å². The van der Waals surface area contributed by atoms with Gasteiger partial charge in [0.1, 0.15) is 5.65 Å². The summed E-state index contributed by atoms with van der Waals surface area (Å²) in [6.07, 6.45) is 3.50. The summed E-state index contributed by atoms with van der Waals surface area (Å²) in [6, 6.07) is 15.9. The molecule has 0 saturated carbocycles. The van der Waals surface area contributed by atoms with Gasteiger partial charge in [0.25, 0.3) is 5.56 Å². The molecule has 0 unspecified atom stereocenters. The van der Waals surface area contributed by atoms with E-state index in [2.05, 4.69) is 9.97 Å². The normalized spacial score (nSPS) is 16.8. The molecule has 2 aromatic heterocycles. The number of nitrogens with one attached hydrogen (secondary N) is 1. The van der Waals surface area contributed by atoms with Crippen molar-refractivity contribution in [2.75, 3.05) is 6.61 Å². The summed E-state index contributed by atoms with van der Waals surface area (Å²) < 4.78 is 7.21. The van der Waals surface area contributed by atoms with Gasteiger partial charge in [0.05, 0.1) is 18.0 Å². The number of H-pyrrole nitrogens is 1. The number of fused-ring (bicyclic) bond motifs is 2. The van der Waals surface area contributed by atoms with Crippen LogP contribution in [0.15, 0.2) is 64.3 Å². The first-order valence-corrected chi connectivity index (χ1v) is 9.44. The molecule has 1 saturated heterocycles. The van der Waals surface area contributed by atoms with Gasteiger partial charge in [0.15, 0.2) is 0 Å². The molecule has 1 aliphatic rings. The molecule has 1 atom stereocenters. The first-order chi connectivity index (χ1) is 13.7. The van der Waals surface area contributed by atoms with Crippen LogP contribution in [0.4, 0.5) is 0 Å². The number of nitrogens with zero attached hydrogens (tertiary/aromatic N) is 2. The molecule has 28 heavy (non-hydrogen) atoms. The third-order valence-electron chi connectivity index (χ3n) is 5.37. The van der Waals surface area contributed by atoms with E-state index in [1.54, 1.807) is 6.20 Å². The molecule has 0 aliphatic carbocycles. The first-order valence-electron chi connectivity index (χ1n) is 9.44. The fourth-order valence-electron chi connectivity index (χ4n) is 4.05. The van der Waals surface area contributed by atoms with Gasteiger partial charge in [-0.05, 0) is 35.2 Å². The van der Waals surface area contributed by atoms with Gasteiger partial charge in [-0.25, -0.2) is 9.78 Å². The highest BCUT2D eigenvalue weighted by Gasteiger charge is 2.20. The van der Waals surface area contributed by atoms with E-state index in [4.69, 9.17) is 4.74 Å². The Morgan fingerprint density at radius 2 is 1.93 bits per heavy atom. The fourth-order valence-corrected chi connectivity index (χ4v) is 4.05. The maximum Gasteiger partial charge on any atom is 0.330 e. The minimum Gasteiger partial charge on any atom is -0.376 e. The number of aromatic nitrogens is 3. The van der Waals surface area contributed by atoms with Gasteiger partial charge in [-0.1, -0.05) is 42.5 Å². The summed E-state index contributed by atoms with van der Waals surface area (Å²) in [7, 11) is 0. The zero-order valence-electron chi connectivity index (χ0n) is 15.2. The molecule has 6 heteroatoms. The number of hydrogen-bond donors (Lipinski definition) is 1. The zero-order valence-corrected chi connectivity index (χ0v) is 15.2. The summed E-state index contributed by atoms with van der Waals surface area (Å²) in [5, 5.41) is 2.57. The van der Waals surface area contributed by atoms with Gasteiger partial charge in [0.2, 0.25) is 0 Å². The topological polar surface area (TPSA) is 77.0 Å². The molecule has 1 aliphatic heterocycles. The molecule has 1 N–H and O–H groups in total. The highest BCUT2D eigenvalue weighted by molar-refractivity contribution is 6.03. The largest absolute Gasteiger partial charge is 0.376 e. The molecule has 4 aromatic rings. The summed E-state index contributed by atoms with van der Waals surface area (Å²) in [5.41, 5.74) is 1.24. The lowest BCUT2D eigenvalue weighted by atomic mass is 9.97. The third-order valence-corrected chi connectivity index (χ3v) is 5.37. The second-order valence-electron chi connectivity index (χ2n) is 7.09. The number of ether oxygens (including phenoxy) is 1. The van der Waals surface area contributed by atoms with E-state index < -0.39 is 11.2 Å². The number of hydrogen-bond acceptors (Lipinski definition) is 4. The maximum absolute atomic E-state index is 12.8. The number of benzene rings is 2. The van der Waals surface area contributed by atoms with Crippen molar-refractivity contribution >= 4 is 21.8 Å². The van der Waals surface area contributed by atoms with Crippen molar-refractivity contribution in [2.24, 2.45) is 0 Å². The maximum atomic E-state index is 12.8. The summed E-state index contributed by atoms with van der Waals surface area (Å²) in [5.74, 6) is 0. The lowest BCUT2D eigenvalue weighted by Crippen LogP contribution is -2.34. The Balaban J connectivity index is 1.79. The Kier molecular flexibility index (Phi) is 4.06. The molecule has 0 radical (unpaired) electrons. The standard InChI is InChI=1S/C22H19N3O3/c26-21-19-18(17-9-3-6-14-5-1-2-8-16(14)17)10-11-23-20(19)25(22(27)24-21)13-15-7-4-12-28-15/h1-3,5-6,8-11,15H,4,7,12-13H2,(H,24,26,27)/t15-/m1/s1. The average molecular weight is 373 g/mol. The second-order valence-corrected chi connectivity index (χ2v) is 7.09. The predicted molar refractivity (Wildman–Crippen MR) is 109 cm³/mol. The van der Waals surface area contributed by atoms with E-state index in [0.717, 1.165) is 34.7 Å². The molecule has 0 amide bonds. The van der Waals surface area contributed by atoms with Crippen LogP contribution in [0.2, 0.25) is 0 Å². The Hall–Kier alpha value is -3.25. The molecular formula is C22H19N3O3. The minimum atomic E-state index is -0.449. The Labute approximate surface area is 160 Å².